The summed E-state index contributed by atoms with van der Waals surface area (Å²) in [6.45, 7) is 1.69. The van der Waals surface area contributed by atoms with Gasteiger partial charge in [0.05, 0.1) is 18.1 Å². The maximum absolute atomic E-state index is 10.7. The molecule has 0 radical (unpaired) electrons. The van der Waals surface area contributed by atoms with E-state index in [0.29, 0.717) is 12.8 Å². The highest BCUT2D eigenvalue weighted by atomic mass is 16.6. The van der Waals surface area contributed by atoms with Gasteiger partial charge in [0.1, 0.15) is 0 Å². The molecule has 5 nitrogen and oxygen atoms in total. The van der Waals surface area contributed by atoms with Crippen LogP contribution in [0.5, 0.6) is 5.75 Å². The van der Waals surface area contributed by atoms with Crippen molar-refractivity contribution >= 4 is 5.69 Å². The van der Waals surface area contributed by atoms with E-state index >= 15 is 0 Å². The Hall–Kier alpha value is -1.62. The smallest absolute Gasteiger partial charge is 0.311 e. The van der Waals surface area contributed by atoms with Gasteiger partial charge in [0, 0.05) is 6.07 Å². The van der Waals surface area contributed by atoms with Crippen molar-refractivity contribution in [2.75, 3.05) is 7.11 Å². The summed E-state index contributed by atoms with van der Waals surface area (Å²) in [6.07, 6.45) is 0.799. The van der Waals surface area contributed by atoms with Crippen LogP contribution in [0.3, 0.4) is 0 Å². The van der Waals surface area contributed by atoms with Crippen LogP contribution in [-0.4, -0.2) is 23.2 Å². The first-order chi connectivity index (χ1) is 7.54. The second-order valence-corrected chi connectivity index (χ2v) is 3.65. The fourth-order valence-electron chi connectivity index (χ4n) is 1.41. The minimum absolute atomic E-state index is 0.0365. The molecule has 1 atom stereocenters. The molecule has 0 saturated carbocycles. The molecule has 0 amide bonds. The van der Waals surface area contributed by atoms with Crippen molar-refractivity contribution < 1.29 is 14.8 Å². The summed E-state index contributed by atoms with van der Waals surface area (Å²) in [7, 11) is 1.40. The fourth-order valence-corrected chi connectivity index (χ4v) is 1.41. The van der Waals surface area contributed by atoms with Crippen molar-refractivity contribution in [1.29, 1.82) is 0 Å². The Labute approximate surface area is 93.8 Å². The first-order valence-electron chi connectivity index (χ1n) is 5.04. The number of nitro groups is 1. The standard InChI is InChI=1S/C11H15NO4/c1-8(13)3-4-9-5-6-11(16-2)10(7-9)12(14)15/h5-8,13H,3-4H2,1-2H3. The van der Waals surface area contributed by atoms with Gasteiger partial charge in [0.25, 0.3) is 0 Å². The predicted molar refractivity (Wildman–Crippen MR) is 59.7 cm³/mol. The average Bonchev–Trinajstić information content (AvgIpc) is 2.25. The summed E-state index contributed by atoms with van der Waals surface area (Å²) < 4.78 is 4.90. The minimum Gasteiger partial charge on any atom is -0.490 e. The van der Waals surface area contributed by atoms with Crippen molar-refractivity contribution in [2.45, 2.75) is 25.9 Å². The molecule has 1 rings (SSSR count). The van der Waals surface area contributed by atoms with Gasteiger partial charge in [-0.25, -0.2) is 0 Å². The van der Waals surface area contributed by atoms with Gasteiger partial charge in [-0.15, -0.1) is 0 Å². The van der Waals surface area contributed by atoms with Crippen molar-refractivity contribution in [3.8, 4) is 5.75 Å². The number of rotatable bonds is 5. The van der Waals surface area contributed by atoms with Crippen LogP contribution in [0.4, 0.5) is 5.69 Å². The van der Waals surface area contributed by atoms with Gasteiger partial charge in [-0.2, -0.15) is 0 Å². The lowest BCUT2D eigenvalue weighted by Gasteiger charge is -2.06. The van der Waals surface area contributed by atoms with E-state index in [9.17, 15) is 10.1 Å². The molecule has 1 aromatic carbocycles. The number of methoxy groups -OCH3 is 1. The molecule has 0 aliphatic carbocycles. The normalized spacial score (nSPS) is 12.2. The van der Waals surface area contributed by atoms with Crippen molar-refractivity contribution in [3.63, 3.8) is 0 Å². The maximum atomic E-state index is 10.7. The molecule has 1 unspecified atom stereocenters. The topological polar surface area (TPSA) is 72.6 Å². The summed E-state index contributed by atoms with van der Waals surface area (Å²) in [5, 5.41) is 19.9. The van der Waals surface area contributed by atoms with E-state index in [4.69, 9.17) is 9.84 Å². The number of hydrogen-bond donors (Lipinski definition) is 1. The number of benzene rings is 1. The molecule has 1 aromatic rings. The third kappa shape index (κ3) is 3.20. The molecular weight excluding hydrogens is 210 g/mol. The number of hydrogen-bond acceptors (Lipinski definition) is 4. The molecular formula is C11H15NO4. The summed E-state index contributed by atoms with van der Waals surface area (Å²) in [4.78, 5) is 10.3. The van der Waals surface area contributed by atoms with E-state index in [0.717, 1.165) is 5.56 Å². The summed E-state index contributed by atoms with van der Waals surface area (Å²) in [6, 6.07) is 4.84. The van der Waals surface area contributed by atoms with E-state index in [-0.39, 0.29) is 11.4 Å². The lowest BCUT2D eigenvalue weighted by Crippen LogP contribution is -2.02. The third-order valence-corrected chi connectivity index (χ3v) is 2.29. The lowest BCUT2D eigenvalue weighted by atomic mass is 10.1. The third-order valence-electron chi connectivity index (χ3n) is 2.29. The number of aliphatic hydroxyl groups excluding tert-OH is 1. The number of aliphatic hydroxyl groups is 1. The van der Waals surface area contributed by atoms with Crippen LogP contribution in [0, 0.1) is 10.1 Å². The van der Waals surface area contributed by atoms with Crippen LogP contribution in [0.1, 0.15) is 18.9 Å². The molecule has 16 heavy (non-hydrogen) atoms. The average molecular weight is 225 g/mol. The first-order valence-corrected chi connectivity index (χ1v) is 5.04. The second kappa shape index (κ2) is 5.46. The highest BCUT2D eigenvalue weighted by Crippen LogP contribution is 2.27. The van der Waals surface area contributed by atoms with Gasteiger partial charge in [0.15, 0.2) is 5.75 Å². The minimum atomic E-state index is -0.468. The fraction of sp³-hybridized carbons (Fsp3) is 0.455. The Kier molecular flexibility index (Phi) is 4.25. The number of nitro benzene ring substituents is 1. The van der Waals surface area contributed by atoms with E-state index in [1.807, 2.05) is 0 Å². The molecule has 0 aliphatic rings. The highest BCUT2D eigenvalue weighted by Gasteiger charge is 2.14. The Morgan fingerprint density at radius 1 is 1.56 bits per heavy atom. The zero-order valence-corrected chi connectivity index (χ0v) is 9.34. The molecule has 0 spiro atoms. The Bertz CT molecular complexity index is 376. The zero-order chi connectivity index (χ0) is 12.1. The molecule has 0 heterocycles. The quantitative estimate of drug-likeness (QED) is 0.613. The van der Waals surface area contributed by atoms with Crippen LogP contribution in [0.25, 0.3) is 0 Å². The van der Waals surface area contributed by atoms with Crippen LogP contribution in [0.15, 0.2) is 18.2 Å². The van der Waals surface area contributed by atoms with Gasteiger partial charge in [-0.1, -0.05) is 6.07 Å². The lowest BCUT2D eigenvalue weighted by molar-refractivity contribution is -0.385. The maximum Gasteiger partial charge on any atom is 0.311 e. The number of nitrogens with zero attached hydrogens (tertiary/aromatic N) is 1. The molecule has 5 heteroatoms. The Morgan fingerprint density at radius 3 is 2.75 bits per heavy atom. The SMILES string of the molecule is COc1ccc(CCC(C)O)cc1[N+](=O)[O-]. The number of ether oxygens (including phenoxy) is 1. The highest BCUT2D eigenvalue weighted by molar-refractivity contribution is 5.48. The molecule has 0 fully saturated rings. The largest absolute Gasteiger partial charge is 0.490 e. The molecule has 0 aliphatic heterocycles. The zero-order valence-electron chi connectivity index (χ0n) is 9.34. The first kappa shape index (κ1) is 12.4. The molecule has 0 saturated heterocycles. The van der Waals surface area contributed by atoms with Gasteiger partial charge < -0.3 is 9.84 Å². The van der Waals surface area contributed by atoms with Crippen LogP contribution in [-0.2, 0) is 6.42 Å². The van der Waals surface area contributed by atoms with Crippen LogP contribution >= 0.6 is 0 Å². The van der Waals surface area contributed by atoms with Gasteiger partial charge >= 0.3 is 5.69 Å². The molecule has 0 aromatic heterocycles. The molecule has 1 N–H and O–H groups in total. The summed E-state index contributed by atoms with van der Waals surface area (Å²) in [5.74, 6) is 0.255. The van der Waals surface area contributed by atoms with Crippen molar-refractivity contribution in [3.05, 3.63) is 33.9 Å². The predicted octanol–water partition coefficient (Wildman–Crippen LogP) is 1.92. The van der Waals surface area contributed by atoms with E-state index < -0.39 is 11.0 Å². The van der Waals surface area contributed by atoms with Crippen molar-refractivity contribution in [2.24, 2.45) is 0 Å². The molecule has 0 bridgehead atoms. The van der Waals surface area contributed by atoms with E-state index in [2.05, 4.69) is 0 Å². The van der Waals surface area contributed by atoms with E-state index in [1.54, 1.807) is 19.1 Å². The summed E-state index contributed by atoms with van der Waals surface area (Å²) in [5.41, 5.74) is 0.791. The second-order valence-electron chi connectivity index (χ2n) is 3.65. The Morgan fingerprint density at radius 2 is 2.25 bits per heavy atom. The van der Waals surface area contributed by atoms with Crippen molar-refractivity contribution in [1.82, 2.24) is 0 Å². The Balaban J connectivity index is 2.89. The number of aryl methyl sites for hydroxylation is 1. The van der Waals surface area contributed by atoms with Crippen LogP contribution in [0.2, 0.25) is 0 Å². The van der Waals surface area contributed by atoms with Gasteiger partial charge in [-0.3, -0.25) is 10.1 Å². The van der Waals surface area contributed by atoms with E-state index in [1.165, 1.54) is 13.2 Å². The monoisotopic (exact) mass is 225 g/mol. The van der Waals surface area contributed by atoms with Gasteiger partial charge in [0.2, 0.25) is 0 Å². The van der Waals surface area contributed by atoms with Crippen LogP contribution < -0.4 is 4.74 Å². The van der Waals surface area contributed by atoms with Gasteiger partial charge in [-0.05, 0) is 31.4 Å². The summed E-state index contributed by atoms with van der Waals surface area (Å²) >= 11 is 0. The molecule has 88 valence electrons.